The number of rotatable bonds is 5. The van der Waals surface area contributed by atoms with Gasteiger partial charge < -0.3 is 10.2 Å². The van der Waals surface area contributed by atoms with Crippen molar-refractivity contribution in [3.63, 3.8) is 0 Å². The standard InChI is InChI=1S/C21H26N2O2S/c24-20(16-26-19-7-1-2-8-19)22-14-5-6-17-10-12-18(13-11-17)23-15-4-3-9-21(23)25/h10-13,19H,1-4,7-9,14-16H2,(H,22,24). The van der Waals surface area contributed by atoms with Crippen molar-refractivity contribution in [2.75, 3.05) is 23.7 Å². The molecule has 4 nitrogen and oxygen atoms in total. The van der Waals surface area contributed by atoms with Gasteiger partial charge in [0.25, 0.3) is 0 Å². The van der Waals surface area contributed by atoms with Crippen LogP contribution in [0.25, 0.3) is 0 Å². The third kappa shape index (κ3) is 5.54. The zero-order valence-electron chi connectivity index (χ0n) is 15.1. The number of carbonyl (C=O) groups is 2. The van der Waals surface area contributed by atoms with Gasteiger partial charge in [-0.05, 0) is 49.9 Å². The van der Waals surface area contributed by atoms with E-state index in [0.717, 1.165) is 30.6 Å². The molecule has 1 aliphatic carbocycles. The first-order valence-electron chi connectivity index (χ1n) is 9.50. The van der Waals surface area contributed by atoms with Crippen LogP contribution < -0.4 is 10.2 Å². The van der Waals surface area contributed by atoms with Crippen molar-refractivity contribution in [1.29, 1.82) is 0 Å². The highest BCUT2D eigenvalue weighted by Crippen LogP contribution is 2.29. The molecule has 138 valence electrons. The number of hydrogen-bond acceptors (Lipinski definition) is 3. The van der Waals surface area contributed by atoms with Gasteiger partial charge in [-0.1, -0.05) is 24.7 Å². The van der Waals surface area contributed by atoms with Crippen LogP contribution in [0.15, 0.2) is 24.3 Å². The summed E-state index contributed by atoms with van der Waals surface area (Å²) in [6, 6.07) is 7.76. The molecule has 2 fully saturated rings. The molecule has 1 saturated heterocycles. The van der Waals surface area contributed by atoms with E-state index in [0.29, 0.717) is 24.0 Å². The van der Waals surface area contributed by atoms with E-state index in [2.05, 4.69) is 17.2 Å². The van der Waals surface area contributed by atoms with E-state index in [9.17, 15) is 9.59 Å². The first kappa shape index (κ1) is 18.8. The van der Waals surface area contributed by atoms with Crippen molar-refractivity contribution in [2.45, 2.75) is 50.2 Å². The van der Waals surface area contributed by atoms with Gasteiger partial charge in [0.15, 0.2) is 0 Å². The molecule has 0 atom stereocenters. The Labute approximate surface area is 160 Å². The monoisotopic (exact) mass is 370 g/mol. The van der Waals surface area contributed by atoms with Crippen LogP contribution in [0.5, 0.6) is 0 Å². The quantitative estimate of drug-likeness (QED) is 0.809. The van der Waals surface area contributed by atoms with E-state index < -0.39 is 0 Å². The van der Waals surface area contributed by atoms with Gasteiger partial charge in [0, 0.05) is 29.5 Å². The van der Waals surface area contributed by atoms with Crippen LogP contribution >= 0.6 is 11.8 Å². The van der Waals surface area contributed by atoms with Crippen molar-refractivity contribution < 1.29 is 9.59 Å². The molecule has 1 aromatic carbocycles. The molecule has 1 N–H and O–H groups in total. The maximum Gasteiger partial charge on any atom is 0.230 e. The highest BCUT2D eigenvalue weighted by Gasteiger charge is 2.19. The van der Waals surface area contributed by atoms with Crippen molar-refractivity contribution in [3.05, 3.63) is 29.8 Å². The molecule has 2 amide bonds. The molecule has 26 heavy (non-hydrogen) atoms. The van der Waals surface area contributed by atoms with E-state index in [1.165, 1.54) is 25.7 Å². The highest BCUT2D eigenvalue weighted by molar-refractivity contribution is 8.00. The van der Waals surface area contributed by atoms with Crippen LogP contribution in [-0.2, 0) is 9.59 Å². The summed E-state index contributed by atoms with van der Waals surface area (Å²) in [5.41, 5.74) is 1.84. The second-order valence-electron chi connectivity index (χ2n) is 6.85. The number of amides is 2. The normalized spacial score (nSPS) is 17.7. The fraction of sp³-hybridized carbons (Fsp3) is 0.524. The third-order valence-corrected chi connectivity index (χ3v) is 6.23. The maximum atomic E-state index is 11.9. The van der Waals surface area contributed by atoms with Gasteiger partial charge in [-0.25, -0.2) is 0 Å². The molecule has 1 heterocycles. The van der Waals surface area contributed by atoms with E-state index in [1.807, 2.05) is 29.2 Å². The van der Waals surface area contributed by atoms with E-state index in [4.69, 9.17) is 0 Å². The van der Waals surface area contributed by atoms with Gasteiger partial charge >= 0.3 is 0 Å². The Morgan fingerprint density at radius 3 is 2.65 bits per heavy atom. The molecule has 0 radical (unpaired) electrons. The summed E-state index contributed by atoms with van der Waals surface area (Å²) in [6.07, 6.45) is 7.79. The number of thioether (sulfide) groups is 1. The SMILES string of the molecule is O=C(CSC1CCCC1)NCC#Cc1ccc(N2CCCCC2=O)cc1. The molecule has 1 saturated carbocycles. The number of anilines is 1. The predicted molar refractivity (Wildman–Crippen MR) is 107 cm³/mol. The smallest absolute Gasteiger partial charge is 0.230 e. The number of carbonyl (C=O) groups excluding carboxylic acids is 2. The molecule has 0 unspecified atom stereocenters. The first-order chi connectivity index (χ1) is 12.7. The molecule has 0 aromatic heterocycles. The largest absolute Gasteiger partial charge is 0.344 e. The lowest BCUT2D eigenvalue weighted by molar-refractivity contribution is -0.119. The van der Waals surface area contributed by atoms with E-state index >= 15 is 0 Å². The van der Waals surface area contributed by atoms with Crippen LogP contribution in [0, 0.1) is 11.8 Å². The fourth-order valence-electron chi connectivity index (χ4n) is 3.39. The molecule has 1 aliphatic heterocycles. The molecule has 2 aliphatic rings. The second-order valence-corrected chi connectivity index (χ2v) is 8.13. The van der Waals surface area contributed by atoms with Crippen molar-refractivity contribution in [1.82, 2.24) is 5.32 Å². The zero-order valence-corrected chi connectivity index (χ0v) is 15.9. The zero-order chi connectivity index (χ0) is 18.2. The van der Waals surface area contributed by atoms with Gasteiger partial charge in [-0.15, -0.1) is 11.8 Å². The maximum absolute atomic E-state index is 11.9. The molecule has 3 rings (SSSR count). The fourth-order valence-corrected chi connectivity index (χ4v) is 4.55. The Morgan fingerprint density at radius 1 is 1.15 bits per heavy atom. The summed E-state index contributed by atoms with van der Waals surface area (Å²) in [7, 11) is 0. The minimum Gasteiger partial charge on any atom is -0.344 e. The van der Waals surface area contributed by atoms with E-state index in [1.54, 1.807) is 11.8 Å². The summed E-state index contributed by atoms with van der Waals surface area (Å²) in [6.45, 7) is 1.17. The Morgan fingerprint density at radius 2 is 1.92 bits per heavy atom. The van der Waals surface area contributed by atoms with E-state index in [-0.39, 0.29) is 11.8 Å². The Hall–Kier alpha value is -1.93. The van der Waals surface area contributed by atoms with Crippen LogP contribution in [-0.4, -0.2) is 35.9 Å². The van der Waals surface area contributed by atoms with Gasteiger partial charge in [0.05, 0.1) is 12.3 Å². The Kier molecular flexibility index (Phi) is 7.02. The van der Waals surface area contributed by atoms with Crippen molar-refractivity contribution >= 4 is 29.3 Å². The second kappa shape index (κ2) is 9.68. The molecule has 0 spiro atoms. The number of nitrogens with one attached hydrogen (secondary N) is 1. The molecule has 0 bridgehead atoms. The average Bonchev–Trinajstić information content (AvgIpc) is 3.18. The number of hydrogen-bond donors (Lipinski definition) is 1. The minimum atomic E-state index is 0.0650. The van der Waals surface area contributed by atoms with Crippen molar-refractivity contribution in [2.24, 2.45) is 0 Å². The predicted octanol–water partition coefficient (Wildman–Crippen LogP) is 3.35. The molecule has 5 heteroatoms. The van der Waals surface area contributed by atoms with Gasteiger partial charge in [0.2, 0.25) is 11.8 Å². The number of benzene rings is 1. The summed E-state index contributed by atoms with van der Waals surface area (Å²) in [5, 5.41) is 3.52. The minimum absolute atomic E-state index is 0.0650. The van der Waals surface area contributed by atoms with Gasteiger partial charge in [-0.2, -0.15) is 0 Å². The first-order valence-corrected chi connectivity index (χ1v) is 10.5. The highest BCUT2D eigenvalue weighted by atomic mass is 32.2. The Bertz CT molecular complexity index is 684. The molecule has 1 aromatic rings. The lowest BCUT2D eigenvalue weighted by atomic mass is 10.1. The Balaban J connectivity index is 1.41. The van der Waals surface area contributed by atoms with Crippen LogP contribution in [0.3, 0.4) is 0 Å². The lowest BCUT2D eigenvalue weighted by Crippen LogP contribution is -2.35. The van der Waals surface area contributed by atoms with Crippen molar-refractivity contribution in [3.8, 4) is 11.8 Å². The lowest BCUT2D eigenvalue weighted by Gasteiger charge is -2.26. The summed E-state index contributed by atoms with van der Waals surface area (Å²) in [4.78, 5) is 25.6. The third-order valence-electron chi connectivity index (χ3n) is 4.86. The summed E-state index contributed by atoms with van der Waals surface area (Å²) < 4.78 is 0. The van der Waals surface area contributed by atoms with Crippen LogP contribution in [0.1, 0.15) is 50.5 Å². The molecular weight excluding hydrogens is 344 g/mol. The molecular formula is C21H26N2O2S. The summed E-state index contributed by atoms with van der Waals surface area (Å²) in [5.74, 6) is 6.86. The van der Waals surface area contributed by atoms with Crippen LogP contribution in [0.2, 0.25) is 0 Å². The topological polar surface area (TPSA) is 49.4 Å². The van der Waals surface area contributed by atoms with Crippen LogP contribution in [0.4, 0.5) is 5.69 Å². The number of nitrogens with zero attached hydrogens (tertiary/aromatic N) is 1. The van der Waals surface area contributed by atoms with Gasteiger partial charge in [0.1, 0.15) is 0 Å². The number of piperidine rings is 1. The average molecular weight is 371 g/mol. The summed E-state index contributed by atoms with van der Waals surface area (Å²) >= 11 is 1.77. The van der Waals surface area contributed by atoms with Gasteiger partial charge in [-0.3, -0.25) is 9.59 Å².